The summed E-state index contributed by atoms with van der Waals surface area (Å²) in [5, 5.41) is 3.85. The van der Waals surface area contributed by atoms with Gasteiger partial charge >= 0.3 is 6.18 Å². The summed E-state index contributed by atoms with van der Waals surface area (Å²) >= 11 is 0. The summed E-state index contributed by atoms with van der Waals surface area (Å²) in [5.74, 6) is -0.574. The number of alkyl halides is 3. The van der Waals surface area contributed by atoms with Crippen LogP contribution in [0.2, 0.25) is 0 Å². The number of fused-ring (bicyclic) bond motifs is 1. The van der Waals surface area contributed by atoms with Crippen LogP contribution in [0.3, 0.4) is 0 Å². The van der Waals surface area contributed by atoms with E-state index in [-0.39, 0.29) is 36.2 Å². The molecule has 8 nitrogen and oxygen atoms in total. The first-order valence-electron chi connectivity index (χ1n) is 12.7. The molecule has 2 aromatic rings. The number of allylic oxidation sites excluding steroid dienone is 2. The maximum atomic E-state index is 13.8. The highest BCUT2D eigenvalue weighted by atomic mass is 19.4. The number of methoxy groups -OCH3 is 1. The van der Waals surface area contributed by atoms with Crippen molar-refractivity contribution in [3.63, 3.8) is 0 Å². The van der Waals surface area contributed by atoms with Gasteiger partial charge in [-0.25, -0.2) is 4.68 Å². The van der Waals surface area contributed by atoms with Gasteiger partial charge in [-0.3, -0.25) is 14.5 Å². The van der Waals surface area contributed by atoms with Crippen LogP contribution in [0.15, 0.2) is 42.5 Å². The fourth-order valence-electron chi connectivity index (χ4n) is 5.18. The van der Waals surface area contributed by atoms with Crippen molar-refractivity contribution in [1.29, 1.82) is 0 Å². The Balaban J connectivity index is 1.40. The summed E-state index contributed by atoms with van der Waals surface area (Å²) in [7, 11) is 3.27. The number of ether oxygens (including phenoxy) is 1. The van der Waals surface area contributed by atoms with Crippen molar-refractivity contribution in [2.24, 2.45) is 0 Å². The number of hydrogen-bond acceptors (Lipinski definition) is 5. The highest BCUT2D eigenvalue weighted by Crippen LogP contribution is 2.37. The molecule has 0 spiro atoms. The number of nitrogens with zero attached hydrogens (tertiary/aromatic N) is 5. The van der Waals surface area contributed by atoms with Crippen molar-refractivity contribution in [2.45, 2.75) is 38.0 Å². The second-order valence-corrected chi connectivity index (χ2v) is 9.74. The number of rotatable bonds is 6. The molecule has 38 heavy (non-hydrogen) atoms. The molecule has 0 N–H and O–H groups in total. The van der Waals surface area contributed by atoms with Crippen LogP contribution >= 0.6 is 0 Å². The average molecular weight is 530 g/mol. The van der Waals surface area contributed by atoms with E-state index in [1.165, 1.54) is 4.90 Å². The third kappa shape index (κ3) is 5.00. The van der Waals surface area contributed by atoms with Gasteiger partial charge in [-0.05, 0) is 69.1 Å². The highest BCUT2D eigenvalue weighted by molar-refractivity contribution is 6.08. The summed E-state index contributed by atoms with van der Waals surface area (Å²) in [6, 6.07) is 6.92. The molecule has 3 heterocycles. The average Bonchev–Trinajstić information content (AvgIpc) is 3.57. The third-order valence-corrected chi connectivity index (χ3v) is 7.35. The molecule has 2 aliphatic heterocycles. The van der Waals surface area contributed by atoms with Crippen LogP contribution in [-0.4, -0.2) is 72.9 Å². The molecule has 5 rings (SSSR count). The molecule has 1 unspecified atom stereocenters. The molecule has 0 radical (unpaired) electrons. The monoisotopic (exact) mass is 529 g/mol. The van der Waals surface area contributed by atoms with E-state index in [1.807, 2.05) is 0 Å². The minimum Gasteiger partial charge on any atom is -0.377 e. The Kier molecular flexibility index (Phi) is 7.15. The third-order valence-electron chi connectivity index (χ3n) is 7.35. The van der Waals surface area contributed by atoms with Gasteiger partial charge in [0.2, 0.25) is 5.91 Å². The first-order chi connectivity index (χ1) is 18.2. The lowest BCUT2D eigenvalue weighted by Gasteiger charge is -2.29. The van der Waals surface area contributed by atoms with Gasteiger partial charge < -0.3 is 14.5 Å². The standard InChI is InChI=1S/C27H30F3N5O3/c1-32(23(36)17-33-14-3-4-15-33)18-5-7-19(8-6-18)34-16-13-22-24(26(34)37)35(31-25(22)27(28,29)30)20-9-11-21(38-2)12-10-20/h5-11,21H,3-4,12-17H2,1-2H3. The van der Waals surface area contributed by atoms with E-state index < -0.39 is 17.8 Å². The van der Waals surface area contributed by atoms with E-state index >= 15 is 0 Å². The second-order valence-electron chi connectivity index (χ2n) is 9.74. The van der Waals surface area contributed by atoms with Crippen LogP contribution < -0.4 is 9.80 Å². The molecule has 1 aliphatic carbocycles. The Labute approximate surface area is 218 Å². The summed E-state index contributed by atoms with van der Waals surface area (Å²) in [6.07, 6.45) is 2.90. The van der Waals surface area contributed by atoms with Crippen molar-refractivity contribution in [2.75, 3.05) is 50.1 Å². The number of carbonyl (C=O) groups is 2. The SMILES string of the molecule is COC1C=CC(n2nc(C(F)(F)F)c3c2C(=O)N(c2ccc(N(C)C(=O)CN4CCCC4)cc2)CC3)=CC1. The van der Waals surface area contributed by atoms with Crippen LogP contribution in [0.1, 0.15) is 41.0 Å². The molecule has 1 saturated heterocycles. The van der Waals surface area contributed by atoms with Gasteiger partial charge in [0, 0.05) is 37.6 Å². The van der Waals surface area contributed by atoms with Crippen LogP contribution in [0.25, 0.3) is 5.70 Å². The molecule has 2 amide bonds. The minimum absolute atomic E-state index is 0.0174. The fraction of sp³-hybridized carbons (Fsp3) is 0.444. The number of likely N-dealkylation sites (N-methyl/N-ethyl adjacent to an activating group) is 1. The number of carbonyl (C=O) groups excluding carboxylic acids is 2. The Morgan fingerprint density at radius 3 is 2.47 bits per heavy atom. The molecule has 0 bridgehead atoms. The van der Waals surface area contributed by atoms with Crippen molar-refractivity contribution >= 4 is 28.9 Å². The summed E-state index contributed by atoms with van der Waals surface area (Å²) in [6.45, 7) is 2.28. The molecule has 11 heteroatoms. The number of anilines is 2. The Morgan fingerprint density at radius 1 is 1.16 bits per heavy atom. The van der Waals surface area contributed by atoms with E-state index in [0.29, 0.717) is 30.0 Å². The number of likely N-dealkylation sites (tertiary alicyclic amines) is 1. The largest absolute Gasteiger partial charge is 0.435 e. The lowest BCUT2D eigenvalue weighted by atomic mass is 10.0. The molecular weight excluding hydrogens is 499 g/mol. The van der Waals surface area contributed by atoms with Gasteiger partial charge in [-0.1, -0.05) is 12.2 Å². The first kappa shape index (κ1) is 26.2. The van der Waals surface area contributed by atoms with Crippen LogP contribution in [0, 0.1) is 0 Å². The zero-order chi connectivity index (χ0) is 27.0. The van der Waals surface area contributed by atoms with Crippen molar-refractivity contribution < 1.29 is 27.5 Å². The van der Waals surface area contributed by atoms with Crippen molar-refractivity contribution in [3.05, 3.63) is 59.4 Å². The Hall–Kier alpha value is -3.44. The lowest BCUT2D eigenvalue weighted by Crippen LogP contribution is -2.39. The van der Waals surface area contributed by atoms with Gasteiger partial charge in [0.1, 0.15) is 5.69 Å². The maximum absolute atomic E-state index is 13.8. The topological polar surface area (TPSA) is 70.9 Å². The number of aromatic nitrogens is 2. The summed E-state index contributed by atoms with van der Waals surface area (Å²) in [4.78, 5) is 31.5. The fourth-order valence-corrected chi connectivity index (χ4v) is 5.18. The Morgan fingerprint density at radius 2 is 1.87 bits per heavy atom. The van der Waals surface area contributed by atoms with Gasteiger partial charge in [0.25, 0.3) is 5.91 Å². The van der Waals surface area contributed by atoms with Crippen LogP contribution in [-0.2, 0) is 22.1 Å². The van der Waals surface area contributed by atoms with Crippen LogP contribution in [0.4, 0.5) is 24.5 Å². The first-order valence-corrected chi connectivity index (χ1v) is 12.7. The zero-order valence-corrected chi connectivity index (χ0v) is 21.4. The van der Waals surface area contributed by atoms with E-state index in [4.69, 9.17) is 4.74 Å². The Bertz CT molecular complexity index is 1280. The van der Waals surface area contributed by atoms with E-state index in [1.54, 1.807) is 61.6 Å². The number of hydrogen-bond donors (Lipinski definition) is 0. The summed E-state index contributed by atoms with van der Waals surface area (Å²) in [5.41, 5.74) is 0.408. The molecule has 3 aliphatic rings. The van der Waals surface area contributed by atoms with Gasteiger partial charge in [0.15, 0.2) is 5.69 Å². The predicted molar refractivity (Wildman–Crippen MR) is 137 cm³/mol. The number of amides is 2. The van der Waals surface area contributed by atoms with Gasteiger partial charge in [-0.2, -0.15) is 18.3 Å². The van der Waals surface area contributed by atoms with E-state index in [9.17, 15) is 22.8 Å². The molecular formula is C27H30F3N5O3. The van der Waals surface area contributed by atoms with E-state index in [2.05, 4.69) is 10.00 Å². The highest BCUT2D eigenvalue weighted by Gasteiger charge is 2.43. The molecule has 202 valence electrons. The smallest absolute Gasteiger partial charge is 0.377 e. The quantitative estimate of drug-likeness (QED) is 0.566. The molecule has 1 fully saturated rings. The molecule has 0 saturated carbocycles. The van der Waals surface area contributed by atoms with Gasteiger partial charge in [0.05, 0.1) is 18.3 Å². The van der Waals surface area contributed by atoms with Crippen molar-refractivity contribution in [1.82, 2.24) is 14.7 Å². The van der Waals surface area contributed by atoms with Crippen molar-refractivity contribution in [3.8, 4) is 0 Å². The number of benzene rings is 1. The lowest BCUT2D eigenvalue weighted by molar-refractivity contribution is -0.141. The van der Waals surface area contributed by atoms with Crippen LogP contribution in [0.5, 0.6) is 0 Å². The second kappa shape index (κ2) is 10.4. The maximum Gasteiger partial charge on any atom is 0.435 e. The minimum atomic E-state index is -4.68. The summed E-state index contributed by atoms with van der Waals surface area (Å²) < 4.78 is 47.9. The predicted octanol–water partition coefficient (Wildman–Crippen LogP) is 3.98. The number of halogens is 3. The van der Waals surface area contributed by atoms with Gasteiger partial charge in [-0.15, -0.1) is 0 Å². The zero-order valence-electron chi connectivity index (χ0n) is 21.4. The van der Waals surface area contributed by atoms with E-state index in [0.717, 1.165) is 30.6 Å². The normalized spacial score (nSPS) is 20.0. The molecule has 1 aromatic heterocycles. The molecule has 1 aromatic carbocycles. The molecule has 1 atom stereocenters.